The third-order valence-electron chi connectivity index (χ3n) is 3.81. The smallest absolute Gasteiger partial charge is 0.166 e. The summed E-state index contributed by atoms with van der Waals surface area (Å²) in [5, 5.41) is -0.499. The zero-order chi connectivity index (χ0) is 14.9. The van der Waals surface area contributed by atoms with Gasteiger partial charge in [-0.2, -0.15) is 0 Å². The second-order valence-corrected chi connectivity index (χ2v) is 8.04. The van der Waals surface area contributed by atoms with Crippen molar-refractivity contribution in [3.8, 4) is 0 Å². The van der Waals surface area contributed by atoms with Crippen molar-refractivity contribution in [3.63, 3.8) is 0 Å². The van der Waals surface area contributed by atoms with Crippen molar-refractivity contribution in [2.24, 2.45) is 5.92 Å². The molecule has 110 valence electrons. The van der Waals surface area contributed by atoms with Crippen LogP contribution < -0.4 is 0 Å². The SMILES string of the molecule is CS(=O)(=O)C1CCCC(C(=O)c2ccc(Cl)c(F)c2)C1. The fraction of sp³-hybridized carbons (Fsp3) is 0.500. The summed E-state index contributed by atoms with van der Waals surface area (Å²) in [5.41, 5.74) is 0.256. The Bertz CT molecular complexity index is 627. The molecule has 0 aromatic heterocycles. The summed E-state index contributed by atoms with van der Waals surface area (Å²) < 4.78 is 36.6. The first-order valence-electron chi connectivity index (χ1n) is 6.47. The number of Topliss-reactive ketones (excluding diaryl/α,β-unsaturated/α-hetero) is 1. The van der Waals surface area contributed by atoms with Crippen molar-refractivity contribution >= 4 is 27.2 Å². The van der Waals surface area contributed by atoms with Gasteiger partial charge in [-0.1, -0.05) is 18.0 Å². The number of ketones is 1. The van der Waals surface area contributed by atoms with Gasteiger partial charge >= 0.3 is 0 Å². The van der Waals surface area contributed by atoms with Crippen LogP contribution in [0.5, 0.6) is 0 Å². The zero-order valence-electron chi connectivity index (χ0n) is 11.1. The summed E-state index contributed by atoms with van der Waals surface area (Å²) in [5.74, 6) is -1.19. The Labute approximate surface area is 123 Å². The van der Waals surface area contributed by atoms with Gasteiger partial charge in [0, 0.05) is 17.7 Å². The van der Waals surface area contributed by atoms with E-state index < -0.39 is 20.9 Å². The lowest BCUT2D eigenvalue weighted by molar-refractivity contribution is 0.0890. The molecule has 1 aromatic rings. The van der Waals surface area contributed by atoms with E-state index in [4.69, 9.17) is 11.6 Å². The van der Waals surface area contributed by atoms with E-state index in [2.05, 4.69) is 0 Å². The van der Waals surface area contributed by atoms with Gasteiger partial charge in [0.1, 0.15) is 15.7 Å². The van der Waals surface area contributed by atoms with Crippen molar-refractivity contribution in [1.29, 1.82) is 0 Å². The van der Waals surface area contributed by atoms with Gasteiger partial charge in [-0.15, -0.1) is 0 Å². The third-order valence-corrected chi connectivity index (χ3v) is 5.75. The zero-order valence-corrected chi connectivity index (χ0v) is 12.7. The topological polar surface area (TPSA) is 51.2 Å². The first-order valence-corrected chi connectivity index (χ1v) is 8.80. The van der Waals surface area contributed by atoms with Crippen LogP contribution in [0.1, 0.15) is 36.0 Å². The largest absolute Gasteiger partial charge is 0.294 e. The average Bonchev–Trinajstić information content (AvgIpc) is 2.40. The van der Waals surface area contributed by atoms with Gasteiger partial charge in [0.15, 0.2) is 5.78 Å². The molecule has 1 aliphatic carbocycles. The Morgan fingerprint density at radius 1 is 1.35 bits per heavy atom. The Morgan fingerprint density at radius 2 is 2.05 bits per heavy atom. The van der Waals surface area contributed by atoms with E-state index in [9.17, 15) is 17.6 Å². The fourth-order valence-electron chi connectivity index (χ4n) is 2.66. The second-order valence-electron chi connectivity index (χ2n) is 5.31. The van der Waals surface area contributed by atoms with E-state index in [1.54, 1.807) is 0 Å². The van der Waals surface area contributed by atoms with Gasteiger partial charge in [-0.05, 0) is 37.5 Å². The Morgan fingerprint density at radius 3 is 2.65 bits per heavy atom. The Balaban J connectivity index is 2.18. The highest BCUT2D eigenvalue weighted by atomic mass is 35.5. The minimum absolute atomic E-state index is 0.0285. The van der Waals surface area contributed by atoms with Crippen molar-refractivity contribution in [1.82, 2.24) is 0 Å². The van der Waals surface area contributed by atoms with E-state index in [1.165, 1.54) is 18.4 Å². The van der Waals surface area contributed by atoms with Crippen molar-refractivity contribution in [2.75, 3.05) is 6.26 Å². The number of halogens is 2. The maximum Gasteiger partial charge on any atom is 0.166 e. The van der Waals surface area contributed by atoms with Crippen LogP contribution in [0.3, 0.4) is 0 Å². The molecule has 2 unspecified atom stereocenters. The van der Waals surface area contributed by atoms with E-state index in [0.29, 0.717) is 25.7 Å². The van der Waals surface area contributed by atoms with Crippen LogP contribution in [0.2, 0.25) is 5.02 Å². The molecule has 6 heteroatoms. The molecule has 0 saturated heterocycles. The van der Waals surface area contributed by atoms with Crippen LogP contribution in [0, 0.1) is 11.7 Å². The molecular formula is C14H16ClFO3S. The number of carbonyl (C=O) groups excluding carboxylic acids is 1. The summed E-state index contributed by atoms with van der Waals surface area (Å²) in [6.07, 6.45) is 3.46. The van der Waals surface area contributed by atoms with E-state index in [-0.39, 0.29) is 22.3 Å². The molecule has 0 heterocycles. The van der Waals surface area contributed by atoms with Gasteiger partial charge in [0.25, 0.3) is 0 Å². The van der Waals surface area contributed by atoms with Gasteiger partial charge in [-0.3, -0.25) is 4.79 Å². The second kappa shape index (κ2) is 5.82. The van der Waals surface area contributed by atoms with Gasteiger partial charge < -0.3 is 0 Å². The highest BCUT2D eigenvalue weighted by molar-refractivity contribution is 7.91. The first-order chi connectivity index (χ1) is 9.29. The molecule has 1 saturated carbocycles. The number of rotatable bonds is 3. The van der Waals surface area contributed by atoms with Gasteiger partial charge in [0.05, 0.1) is 10.3 Å². The molecule has 1 fully saturated rings. The lowest BCUT2D eigenvalue weighted by Gasteiger charge is -2.27. The van der Waals surface area contributed by atoms with E-state index >= 15 is 0 Å². The Hall–Kier alpha value is -0.940. The minimum Gasteiger partial charge on any atom is -0.294 e. The fourth-order valence-corrected chi connectivity index (χ4v) is 3.95. The van der Waals surface area contributed by atoms with E-state index in [1.807, 2.05) is 0 Å². The van der Waals surface area contributed by atoms with Crippen LogP contribution in [0.4, 0.5) is 4.39 Å². The van der Waals surface area contributed by atoms with Crippen LogP contribution in [0.25, 0.3) is 0 Å². The number of sulfone groups is 1. The number of hydrogen-bond acceptors (Lipinski definition) is 3. The maximum atomic E-state index is 13.4. The molecule has 0 N–H and O–H groups in total. The quantitative estimate of drug-likeness (QED) is 0.804. The monoisotopic (exact) mass is 318 g/mol. The highest BCUT2D eigenvalue weighted by Gasteiger charge is 2.32. The van der Waals surface area contributed by atoms with Crippen LogP contribution in [-0.2, 0) is 9.84 Å². The molecule has 0 bridgehead atoms. The van der Waals surface area contributed by atoms with Crippen LogP contribution in [0.15, 0.2) is 18.2 Å². The molecular weight excluding hydrogens is 303 g/mol. The number of benzene rings is 1. The molecule has 0 aliphatic heterocycles. The summed E-state index contributed by atoms with van der Waals surface area (Å²) in [7, 11) is -3.14. The summed E-state index contributed by atoms with van der Waals surface area (Å²) in [4.78, 5) is 12.3. The molecule has 1 aliphatic rings. The van der Waals surface area contributed by atoms with Crippen molar-refractivity contribution < 1.29 is 17.6 Å². The molecule has 2 rings (SSSR count). The third kappa shape index (κ3) is 3.38. The molecule has 20 heavy (non-hydrogen) atoms. The predicted molar refractivity (Wildman–Crippen MR) is 76.3 cm³/mol. The van der Waals surface area contributed by atoms with Crippen LogP contribution >= 0.6 is 11.6 Å². The Kier molecular flexibility index (Phi) is 4.49. The lowest BCUT2D eigenvalue weighted by atomic mass is 9.83. The normalized spacial score (nSPS) is 23.6. The first kappa shape index (κ1) is 15.4. The molecule has 2 atom stereocenters. The summed E-state index contributed by atoms with van der Waals surface area (Å²) >= 11 is 5.59. The van der Waals surface area contributed by atoms with Crippen molar-refractivity contribution in [2.45, 2.75) is 30.9 Å². The standard InChI is InChI=1S/C14H16ClFO3S/c1-20(18,19)11-4-2-3-9(7-11)14(17)10-5-6-12(15)13(16)8-10/h5-6,8-9,11H,2-4,7H2,1H3. The molecule has 0 radical (unpaired) electrons. The average molecular weight is 319 g/mol. The molecule has 1 aromatic carbocycles. The molecule has 3 nitrogen and oxygen atoms in total. The molecule has 0 amide bonds. The van der Waals surface area contributed by atoms with Crippen molar-refractivity contribution in [3.05, 3.63) is 34.6 Å². The van der Waals surface area contributed by atoms with E-state index in [0.717, 1.165) is 6.07 Å². The number of carbonyl (C=O) groups is 1. The predicted octanol–water partition coefficient (Wildman–Crippen LogP) is 3.27. The highest BCUT2D eigenvalue weighted by Crippen LogP contribution is 2.31. The van der Waals surface area contributed by atoms with Crippen LogP contribution in [-0.4, -0.2) is 25.7 Å². The number of hydrogen-bond donors (Lipinski definition) is 0. The summed E-state index contributed by atoms with van der Waals surface area (Å²) in [6.45, 7) is 0. The maximum absolute atomic E-state index is 13.4. The summed E-state index contributed by atoms with van der Waals surface area (Å²) in [6, 6.07) is 3.95. The van der Waals surface area contributed by atoms with Gasteiger partial charge in [0.2, 0.25) is 0 Å². The van der Waals surface area contributed by atoms with Gasteiger partial charge in [-0.25, -0.2) is 12.8 Å². The molecule has 0 spiro atoms. The minimum atomic E-state index is -3.14. The lowest BCUT2D eigenvalue weighted by Crippen LogP contribution is -2.31.